The molecule has 0 aromatic carbocycles. The summed E-state index contributed by atoms with van der Waals surface area (Å²) in [7, 11) is 4.06. The summed E-state index contributed by atoms with van der Waals surface area (Å²) in [6.07, 6.45) is 3.49. The molecule has 1 rings (SSSR count). The van der Waals surface area contributed by atoms with Crippen molar-refractivity contribution in [2.45, 2.75) is 39.1 Å². The summed E-state index contributed by atoms with van der Waals surface area (Å²) in [5.41, 5.74) is 0. The van der Waals surface area contributed by atoms with E-state index < -0.39 is 6.23 Å². The largest absolute Gasteiger partial charge is 0.375 e. The fraction of sp³-hybridized carbons (Fsp3) is 0.857. The van der Waals surface area contributed by atoms with Crippen molar-refractivity contribution in [1.82, 2.24) is 14.7 Å². The Balaban J connectivity index is 2.43. The van der Waals surface area contributed by atoms with Gasteiger partial charge in [-0.25, -0.2) is 0 Å². The highest BCUT2D eigenvalue weighted by Gasteiger charge is 2.27. The van der Waals surface area contributed by atoms with E-state index in [4.69, 9.17) is 0 Å². The Bertz CT molecular complexity index is 266. The van der Waals surface area contributed by atoms with Crippen molar-refractivity contribution >= 4 is 0 Å². The third kappa shape index (κ3) is 4.69. The van der Waals surface area contributed by atoms with Crippen LogP contribution in [-0.2, 0) is 0 Å². The topological polar surface area (TPSA) is 30.0 Å². The standard InChI is InChI=1S/C14H29N3O/c1-12(2)17-10-9-16(11-13(17)3)14(18)7-6-8-15(4)5/h6-7,12-14,18H,8-11H2,1-5H3/b7-6+. The van der Waals surface area contributed by atoms with E-state index in [0.717, 1.165) is 26.2 Å². The minimum atomic E-state index is -0.443. The Kier molecular flexibility index (Phi) is 6.29. The van der Waals surface area contributed by atoms with Gasteiger partial charge in [-0.3, -0.25) is 9.80 Å². The fourth-order valence-electron chi connectivity index (χ4n) is 2.52. The fourth-order valence-corrected chi connectivity index (χ4v) is 2.52. The van der Waals surface area contributed by atoms with E-state index in [1.54, 1.807) is 0 Å². The van der Waals surface area contributed by atoms with Crippen LogP contribution in [0.4, 0.5) is 0 Å². The third-order valence-electron chi connectivity index (χ3n) is 3.53. The van der Waals surface area contributed by atoms with Gasteiger partial charge in [-0.2, -0.15) is 0 Å². The molecule has 0 aromatic heterocycles. The number of rotatable bonds is 5. The third-order valence-corrected chi connectivity index (χ3v) is 3.53. The van der Waals surface area contributed by atoms with E-state index in [9.17, 15) is 5.11 Å². The van der Waals surface area contributed by atoms with Crippen LogP contribution in [0.1, 0.15) is 20.8 Å². The van der Waals surface area contributed by atoms with E-state index in [-0.39, 0.29) is 0 Å². The minimum Gasteiger partial charge on any atom is -0.375 e. The van der Waals surface area contributed by atoms with Crippen molar-refractivity contribution in [2.24, 2.45) is 0 Å². The molecule has 0 saturated carbocycles. The first kappa shape index (κ1) is 15.6. The number of aliphatic hydroxyl groups is 1. The molecule has 1 aliphatic heterocycles. The zero-order valence-corrected chi connectivity index (χ0v) is 12.5. The minimum absolute atomic E-state index is 0.443. The van der Waals surface area contributed by atoms with Gasteiger partial charge in [0.1, 0.15) is 6.23 Å². The van der Waals surface area contributed by atoms with Gasteiger partial charge in [0.25, 0.3) is 0 Å². The summed E-state index contributed by atoms with van der Waals surface area (Å²) < 4.78 is 0. The molecule has 0 amide bonds. The summed E-state index contributed by atoms with van der Waals surface area (Å²) in [6, 6.07) is 1.10. The lowest BCUT2D eigenvalue weighted by atomic mass is 10.1. The molecule has 1 fully saturated rings. The second-order valence-corrected chi connectivity index (χ2v) is 5.78. The first-order chi connectivity index (χ1) is 8.41. The van der Waals surface area contributed by atoms with Gasteiger partial charge in [-0.1, -0.05) is 6.08 Å². The summed E-state index contributed by atoms with van der Waals surface area (Å²) in [5, 5.41) is 10.1. The van der Waals surface area contributed by atoms with Gasteiger partial charge < -0.3 is 10.0 Å². The molecule has 4 nitrogen and oxygen atoms in total. The van der Waals surface area contributed by atoms with Crippen molar-refractivity contribution in [3.63, 3.8) is 0 Å². The van der Waals surface area contributed by atoms with Crippen molar-refractivity contribution in [1.29, 1.82) is 0 Å². The quantitative estimate of drug-likeness (QED) is 0.737. The average Bonchev–Trinajstić information content (AvgIpc) is 2.27. The maximum absolute atomic E-state index is 10.1. The number of hydrogen-bond acceptors (Lipinski definition) is 4. The smallest absolute Gasteiger partial charge is 0.126 e. The molecule has 1 heterocycles. The van der Waals surface area contributed by atoms with E-state index in [2.05, 4.69) is 35.5 Å². The van der Waals surface area contributed by atoms with Gasteiger partial charge in [0.2, 0.25) is 0 Å². The highest BCUT2D eigenvalue weighted by molar-refractivity contribution is 4.93. The molecule has 2 unspecified atom stereocenters. The van der Waals surface area contributed by atoms with Crippen molar-refractivity contribution in [3.8, 4) is 0 Å². The second-order valence-electron chi connectivity index (χ2n) is 5.78. The van der Waals surface area contributed by atoms with Crippen LogP contribution in [0.15, 0.2) is 12.2 Å². The molecule has 1 N–H and O–H groups in total. The molecule has 0 bridgehead atoms. The van der Waals surface area contributed by atoms with Crippen LogP contribution in [0.25, 0.3) is 0 Å². The lowest BCUT2D eigenvalue weighted by Crippen LogP contribution is -2.56. The Morgan fingerprint density at radius 2 is 2.00 bits per heavy atom. The van der Waals surface area contributed by atoms with E-state index in [0.29, 0.717) is 12.1 Å². The van der Waals surface area contributed by atoms with Crippen molar-refractivity contribution < 1.29 is 5.11 Å². The first-order valence-electron chi connectivity index (χ1n) is 6.91. The number of nitrogens with zero attached hydrogens (tertiary/aromatic N) is 3. The maximum Gasteiger partial charge on any atom is 0.126 e. The molecule has 2 atom stereocenters. The molecule has 106 valence electrons. The lowest BCUT2D eigenvalue weighted by Gasteiger charge is -2.43. The van der Waals surface area contributed by atoms with E-state index in [1.165, 1.54) is 0 Å². The number of aliphatic hydroxyl groups excluding tert-OH is 1. The Morgan fingerprint density at radius 1 is 1.33 bits per heavy atom. The molecule has 1 aliphatic rings. The van der Waals surface area contributed by atoms with E-state index >= 15 is 0 Å². The van der Waals surface area contributed by atoms with Gasteiger partial charge in [0, 0.05) is 38.3 Å². The second kappa shape index (κ2) is 7.24. The molecule has 0 radical (unpaired) electrons. The Labute approximate surface area is 112 Å². The van der Waals surface area contributed by atoms with Gasteiger partial charge in [0.15, 0.2) is 0 Å². The lowest BCUT2D eigenvalue weighted by molar-refractivity contribution is -0.0238. The normalized spacial score (nSPS) is 25.4. The van der Waals surface area contributed by atoms with Crippen LogP contribution in [0.5, 0.6) is 0 Å². The summed E-state index contributed by atoms with van der Waals surface area (Å²) >= 11 is 0. The zero-order valence-electron chi connectivity index (χ0n) is 12.5. The van der Waals surface area contributed by atoms with Crippen LogP contribution in [0.3, 0.4) is 0 Å². The Hall–Kier alpha value is -0.420. The highest BCUT2D eigenvalue weighted by Crippen LogP contribution is 2.14. The maximum atomic E-state index is 10.1. The molecule has 1 saturated heterocycles. The number of likely N-dealkylation sites (N-methyl/N-ethyl adjacent to an activating group) is 1. The number of hydrogen-bond donors (Lipinski definition) is 1. The van der Waals surface area contributed by atoms with Crippen LogP contribution in [0.2, 0.25) is 0 Å². The summed E-state index contributed by atoms with van der Waals surface area (Å²) in [4.78, 5) is 6.73. The number of piperazine rings is 1. The van der Waals surface area contributed by atoms with Gasteiger partial charge >= 0.3 is 0 Å². The molecular weight excluding hydrogens is 226 g/mol. The monoisotopic (exact) mass is 255 g/mol. The predicted molar refractivity (Wildman–Crippen MR) is 76.6 cm³/mol. The van der Waals surface area contributed by atoms with Gasteiger partial charge in [-0.15, -0.1) is 0 Å². The Morgan fingerprint density at radius 3 is 2.50 bits per heavy atom. The van der Waals surface area contributed by atoms with Crippen LogP contribution < -0.4 is 0 Å². The molecule has 0 spiro atoms. The highest BCUT2D eigenvalue weighted by atomic mass is 16.3. The van der Waals surface area contributed by atoms with E-state index in [1.807, 2.05) is 26.2 Å². The first-order valence-corrected chi connectivity index (χ1v) is 6.91. The van der Waals surface area contributed by atoms with Crippen molar-refractivity contribution in [2.75, 3.05) is 40.3 Å². The molecular formula is C14H29N3O. The molecule has 4 heteroatoms. The predicted octanol–water partition coefficient (Wildman–Crippen LogP) is 0.837. The summed E-state index contributed by atoms with van der Waals surface area (Å²) in [6.45, 7) is 10.5. The SMILES string of the molecule is CC(C)N1CCN(C(O)/C=C/CN(C)C)CC1C. The molecule has 0 aromatic rings. The van der Waals surface area contributed by atoms with Crippen molar-refractivity contribution in [3.05, 3.63) is 12.2 Å². The molecule has 0 aliphatic carbocycles. The van der Waals surface area contributed by atoms with Gasteiger partial charge in [-0.05, 0) is 40.9 Å². The average molecular weight is 255 g/mol. The zero-order chi connectivity index (χ0) is 13.7. The van der Waals surface area contributed by atoms with Crippen LogP contribution in [-0.4, -0.2) is 78.4 Å². The van der Waals surface area contributed by atoms with Crippen LogP contribution >= 0.6 is 0 Å². The summed E-state index contributed by atoms with van der Waals surface area (Å²) in [5.74, 6) is 0. The van der Waals surface area contributed by atoms with Crippen LogP contribution in [0, 0.1) is 0 Å². The van der Waals surface area contributed by atoms with Gasteiger partial charge in [0.05, 0.1) is 0 Å². The molecule has 18 heavy (non-hydrogen) atoms.